The van der Waals surface area contributed by atoms with Crippen molar-refractivity contribution < 1.29 is 18.3 Å². The first-order chi connectivity index (χ1) is 13.4. The number of ether oxygens (including phenoxy) is 1. The van der Waals surface area contributed by atoms with Gasteiger partial charge in [-0.3, -0.25) is 4.79 Å². The Balaban J connectivity index is 1.67. The molecule has 0 atom stereocenters. The van der Waals surface area contributed by atoms with Crippen LogP contribution in [0.5, 0.6) is 5.75 Å². The highest BCUT2D eigenvalue weighted by atomic mass is 35.5. The standard InChI is InChI=1S/C19H16ClF2N3O2S/c1-25-10-9-23-16(25)11-27-13-7-5-12(6-8-13)18(26)24-15-4-2-3-14(20)17(15)28-19(21)22/h2-10,19H,11H2,1H3,(H,24,26). The Morgan fingerprint density at radius 1 is 1.29 bits per heavy atom. The Morgan fingerprint density at radius 3 is 2.68 bits per heavy atom. The molecule has 0 fully saturated rings. The highest BCUT2D eigenvalue weighted by Gasteiger charge is 2.16. The zero-order valence-electron chi connectivity index (χ0n) is 14.7. The predicted octanol–water partition coefficient (Wildman–Crippen LogP) is 5.22. The molecule has 3 aromatic rings. The molecule has 0 radical (unpaired) electrons. The number of carbonyl (C=O) groups is 1. The predicted molar refractivity (Wildman–Crippen MR) is 105 cm³/mol. The summed E-state index contributed by atoms with van der Waals surface area (Å²) in [5.74, 6) is -1.73. The number of amides is 1. The number of rotatable bonds is 7. The molecular formula is C19H16ClF2N3O2S. The lowest BCUT2D eigenvalue weighted by Crippen LogP contribution is -2.12. The highest BCUT2D eigenvalue weighted by molar-refractivity contribution is 7.99. The third-order valence-corrected chi connectivity index (χ3v) is 5.11. The minimum atomic E-state index is -2.65. The third-order valence-electron chi connectivity index (χ3n) is 3.83. The number of nitrogens with one attached hydrogen (secondary N) is 1. The zero-order valence-corrected chi connectivity index (χ0v) is 16.3. The van der Waals surface area contributed by atoms with Gasteiger partial charge in [0, 0.05) is 25.0 Å². The van der Waals surface area contributed by atoms with E-state index in [1.54, 1.807) is 36.5 Å². The fourth-order valence-electron chi connectivity index (χ4n) is 2.40. The van der Waals surface area contributed by atoms with Crippen molar-refractivity contribution in [1.82, 2.24) is 9.55 Å². The normalized spacial score (nSPS) is 10.9. The summed E-state index contributed by atoms with van der Waals surface area (Å²) in [6, 6.07) is 11.1. The maximum absolute atomic E-state index is 12.8. The molecule has 3 rings (SSSR count). The number of alkyl halides is 2. The Morgan fingerprint density at radius 2 is 2.04 bits per heavy atom. The van der Waals surface area contributed by atoms with Crippen LogP contribution in [0, 0.1) is 0 Å². The molecular weight excluding hydrogens is 408 g/mol. The molecule has 28 heavy (non-hydrogen) atoms. The van der Waals surface area contributed by atoms with Crippen LogP contribution in [0.25, 0.3) is 0 Å². The van der Waals surface area contributed by atoms with Gasteiger partial charge in [0.05, 0.1) is 15.6 Å². The van der Waals surface area contributed by atoms with Gasteiger partial charge in [0.1, 0.15) is 18.2 Å². The maximum atomic E-state index is 12.8. The Kier molecular flexibility index (Phi) is 6.53. The maximum Gasteiger partial charge on any atom is 0.289 e. The van der Waals surface area contributed by atoms with Crippen LogP contribution in [-0.2, 0) is 13.7 Å². The lowest BCUT2D eigenvalue weighted by molar-refractivity contribution is 0.102. The summed E-state index contributed by atoms with van der Waals surface area (Å²) >= 11 is 6.27. The number of hydrogen-bond acceptors (Lipinski definition) is 4. The molecule has 1 heterocycles. The van der Waals surface area contributed by atoms with Gasteiger partial charge in [0.25, 0.3) is 11.7 Å². The Hall–Kier alpha value is -2.58. The van der Waals surface area contributed by atoms with E-state index >= 15 is 0 Å². The van der Waals surface area contributed by atoms with E-state index in [4.69, 9.17) is 16.3 Å². The fraction of sp³-hybridized carbons (Fsp3) is 0.158. The molecule has 146 valence electrons. The molecule has 0 spiro atoms. The van der Waals surface area contributed by atoms with Crippen LogP contribution in [0.2, 0.25) is 5.02 Å². The van der Waals surface area contributed by atoms with Gasteiger partial charge in [-0.15, -0.1) is 0 Å². The van der Waals surface area contributed by atoms with Gasteiger partial charge in [0.15, 0.2) is 0 Å². The molecule has 2 aromatic carbocycles. The van der Waals surface area contributed by atoms with E-state index in [0.29, 0.717) is 17.9 Å². The van der Waals surface area contributed by atoms with Crippen molar-refractivity contribution in [3.05, 3.63) is 71.3 Å². The van der Waals surface area contributed by atoms with Gasteiger partial charge in [-0.2, -0.15) is 8.78 Å². The van der Waals surface area contributed by atoms with E-state index in [-0.39, 0.29) is 27.4 Å². The van der Waals surface area contributed by atoms with E-state index in [9.17, 15) is 13.6 Å². The molecule has 0 bridgehead atoms. The number of nitrogens with zero attached hydrogens (tertiary/aromatic N) is 2. The average Bonchev–Trinajstić information content (AvgIpc) is 3.08. The molecule has 0 aliphatic heterocycles. The number of halogens is 3. The quantitative estimate of drug-likeness (QED) is 0.529. The topological polar surface area (TPSA) is 56.2 Å². The number of hydrogen-bond donors (Lipinski definition) is 1. The number of aromatic nitrogens is 2. The van der Waals surface area contributed by atoms with Crippen LogP contribution < -0.4 is 10.1 Å². The van der Waals surface area contributed by atoms with Crippen molar-refractivity contribution in [2.75, 3.05) is 5.32 Å². The van der Waals surface area contributed by atoms with Crippen molar-refractivity contribution >= 4 is 35.0 Å². The summed E-state index contributed by atoms with van der Waals surface area (Å²) in [7, 11) is 1.87. The second-order valence-electron chi connectivity index (χ2n) is 5.72. The van der Waals surface area contributed by atoms with Crippen molar-refractivity contribution in [2.24, 2.45) is 7.05 Å². The van der Waals surface area contributed by atoms with Crippen LogP contribution in [0.4, 0.5) is 14.5 Å². The summed E-state index contributed by atoms with van der Waals surface area (Å²) in [5.41, 5.74) is 0.593. The first-order valence-electron chi connectivity index (χ1n) is 8.18. The number of thioether (sulfide) groups is 1. The van der Waals surface area contributed by atoms with Crippen LogP contribution in [-0.4, -0.2) is 21.2 Å². The molecule has 0 unspecified atom stereocenters. The van der Waals surface area contributed by atoms with Gasteiger partial charge in [-0.25, -0.2) is 4.98 Å². The summed E-state index contributed by atoms with van der Waals surface area (Å²) in [4.78, 5) is 16.8. The number of aryl methyl sites for hydroxylation is 1. The van der Waals surface area contributed by atoms with Crippen LogP contribution in [0.3, 0.4) is 0 Å². The van der Waals surface area contributed by atoms with Gasteiger partial charge in [-0.1, -0.05) is 29.4 Å². The molecule has 1 N–H and O–H groups in total. The van der Waals surface area contributed by atoms with E-state index in [2.05, 4.69) is 10.3 Å². The van der Waals surface area contributed by atoms with Crippen LogP contribution in [0.15, 0.2) is 59.8 Å². The van der Waals surface area contributed by atoms with Crippen LogP contribution >= 0.6 is 23.4 Å². The second kappa shape index (κ2) is 9.07. The lowest BCUT2D eigenvalue weighted by atomic mass is 10.2. The average molecular weight is 424 g/mol. The minimum absolute atomic E-state index is 0.127. The lowest BCUT2D eigenvalue weighted by Gasteiger charge is -2.12. The number of benzene rings is 2. The molecule has 5 nitrogen and oxygen atoms in total. The van der Waals surface area contributed by atoms with Crippen LogP contribution in [0.1, 0.15) is 16.2 Å². The van der Waals surface area contributed by atoms with E-state index in [1.165, 1.54) is 12.1 Å². The van der Waals surface area contributed by atoms with Gasteiger partial charge >= 0.3 is 0 Å². The van der Waals surface area contributed by atoms with Gasteiger partial charge in [-0.05, 0) is 36.4 Å². The molecule has 0 aliphatic rings. The Labute approximate surface area is 169 Å². The number of carbonyl (C=O) groups excluding carboxylic acids is 1. The van der Waals surface area contributed by atoms with E-state index in [1.807, 2.05) is 17.8 Å². The van der Waals surface area contributed by atoms with Gasteiger partial charge in [0.2, 0.25) is 0 Å². The largest absolute Gasteiger partial charge is 0.486 e. The van der Waals surface area contributed by atoms with Gasteiger partial charge < -0.3 is 14.6 Å². The second-order valence-corrected chi connectivity index (χ2v) is 7.12. The molecule has 9 heteroatoms. The van der Waals surface area contributed by atoms with Crippen molar-refractivity contribution in [3.63, 3.8) is 0 Å². The third kappa shape index (κ3) is 5.02. The number of anilines is 1. The molecule has 0 saturated heterocycles. The minimum Gasteiger partial charge on any atom is -0.486 e. The van der Waals surface area contributed by atoms with Crippen molar-refractivity contribution in [3.8, 4) is 5.75 Å². The van der Waals surface area contributed by atoms with E-state index in [0.717, 1.165) is 5.82 Å². The highest BCUT2D eigenvalue weighted by Crippen LogP contribution is 2.37. The Bertz CT molecular complexity index is 964. The summed E-state index contributed by atoms with van der Waals surface area (Å²) in [6.45, 7) is 0.297. The van der Waals surface area contributed by atoms with Crippen molar-refractivity contribution in [2.45, 2.75) is 17.3 Å². The van der Waals surface area contributed by atoms with Crippen molar-refractivity contribution in [1.29, 1.82) is 0 Å². The summed E-state index contributed by atoms with van der Waals surface area (Å²) < 4.78 is 33.0. The smallest absolute Gasteiger partial charge is 0.289 e. The van der Waals surface area contributed by atoms with E-state index < -0.39 is 11.7 Å². The monoisotopic (exact) mass is 423 g/mol. The SMILES string of the molecule is Cn1ccnc1COc1ccc(C(=O)Nc2cccc(Cl)c2SC(F)F)cc1. The summed E-state index contributed by atoms with van der Waals surface area (Å²) in [6.07, 6.45) is 3.51. The summed E-state index contributed by atoms with van der Waals surface area (Å²) in [5, 5.41) is 2.78. The molecule has 0 saturated carbocycles. The molecule has 1 aromatic heterocycles. The fourth-order valence-corrected chi connectivity index (χ4v) is 3.31. The zero-order chi connectivity index (χ0) is 20.1. The number of imidazole rings is 1. The first-order valence-corrected chi connectivity index (χ1v) is 9.43. The molecule has 0 aliphatic carbocycles. The first kappa shape index (κ1) is 20.2. The molecule has 1 amide bonds.